The summed E-state index contributed by atoms with van der Waals surface area (Å²) >= 11 is 0. The summed E-state index contributed by atoms with van der Waals surface area (Å²) in [5.74, 6) is 0.534. The molecule has 3 heteroatoms. The van der Waals surface area contributed by atoms with E-state index in [2.05, 4.69) is 6.07 Å². The van der Waals surface area contributed by atoms with Crippen molar-refractivity contribution in [1.82, 2.24) is 0 Å². The van der Waals surface area contributed by atoms with E-state index in [0.717, 1.165) is 16.0 Å². The van der Waals surface area contributed by atoms with Crippen LogP contribution in [0.2, 0.25) is 0 Å². The lowest BCUT2D eigenvalue weighted by atomic mass is 10.2. The lowest BCUT2D eigenvalue weighted by Gasteiger charge is -2.07. The van der Waals surface area contributed by atoms with Crippen LogP contribution >= 0.6 is 0 Å². The van der Waals surface area contributed by atoms with Crippen LogP contribution < -0.4 is 5.73 Å². The van der Waals surface area contributed by atoms with Crippen molar-refractivity contribution in [3.05, 3.63) is 59.2 Å². The molecule has 0 spiro atoms. The summed E-state index contributed by atoms with van der Waals surface area (Å²) in [6.07, 6.45) is 0. The fraction of sp³-hybridized carbons (Fsp3) is 0.200. The molecule has 1 unspecified atom stereocenters. The molecule has 1 atom stereocenters. The number of nitrogen functional groups attached to an aromatic ring is 1. The van der Waals surface area contributed by atoms with E-state index in [-0.39, 0.29) is 0 Å². The third-order valence-electron chi connectivity index (χ3n) is 2.84. The molecular weight excluding hydrogens is 242 g/mol. The zero-order chi connectivity index (χ0) is 13.1. The summed E-state index contributed by atoms with van der Waals surface area (Å²) in [5.41, 5.74) is 9.71. The van der Waals surface area contributed by atoms with Gasteiger partial charge in [-0.25, -0.2) is 0 Å². The molecular formula is C15H17NOS. The fourth-order valence-corrected chi connectivity index (χ4v) is 3.23. The standard InChI is InChI=1S/C15H17NOS/c1-11-4-3-5-13(8-11)10-18(17)15-9-14(16)7-6-12(15)2/h3-9H,10,16H2,1-2H3. The lowest BCUT2D eigenvalue weighted by Crippen LogP contribution is -2.00. The highest BCUT2D eigenvalue weighted by molar-refractivity contribution is 7.84. The molecule has 2 rings (SSSR count). The van der Waals surface area contributed by atoms with Gasteiger partial charge in [-0.3, -0.25) is 4.21 Å². The molecule has 0 aliphatic heterocycles. The van der Waals surface area contributed by atoms with E-state index in [4.69, 9.17) is 5.73 Å². The molecule has 2 aromatic rings. The summed E-state index contributed by atoms with van der Waals surface area (Å²) in [6, 6.07) is 13.7. The van der Waals surface area contributed by atoms with E-state index in [0.29, 0.717) is 11.4 Å². The molecule has 0 heterocycles. The number of anilines is 1. The predicted octanol–water partition coefficient (Wildman–Crippen LogP) is 3.19. The van der Waals surface area contributed by atoms with E-state index >= 15 is 0 Å². The van der Waals surface area contributed by atoms with E-state index in [1.54, 1.807) is 6.07 Å². The van der Waals surface area contributed by atoms with Crippen molar-refractivity contribution in [2.45, 2.75) is 24.5 Å². The van der Waals surface area contributed by atoms with Gasteiger partial charge in [0.15, 0.2) is 0 Å². The van der Waals surface area contributed by atoms with E-state index in [1.807, 2.05) is 44.2 Å². The van der Waals surface area contributed by atoms with Gasteiger partial charge < -0.3 is 5.73 Å². The Kier molecular flexibility index (Phi) is 3.82. The van der Waals surface area contributed by atoms with Gasteiger partial charge in [-0.05, 0) is 37.1 Å². The minimum absolute atomic E-state index is 0.534. The van der Waals surface area contributed by atoms with Crippen molar-refractivity contribution in [2.24, 2.45) is 0 Å². The maximum absolute atomic E-state index is 12.4. The van der Waals surface area contributed by atoms with Crippen molar-refractivity contribution in [3.8, 4) is 0 Å². The van der Waals surface area contributed by atoms with Crippen LogP contribution in [0.5, 0.6) is 0 Å². The molecule has 0 radical (unpaired) electrons. The van der Waals surface area contributed by atoms with Gasteiger partial charge in [0, 0.05) is 10.6 Å². The van der Waals surface area contributed by atoms with Gasteiger partial charge in [-0.15, -0.1) is 0 Å². The third kappa shape index (κ3) is 2.99. The van der Waals surface area contributed by atoms with E-state index in [9.17, 15) is 4.21 Å². The average Bonchev–Trinajstić information content (AvgIpc) is 2.32. The van der Waals surface area contributed by atoms with Crippen LogP contribution in [0.4, 0.5) is 5.69 Å². The number of nitrogens with two attached hydrogens (primary N) is 1. The van der Waals surface area contributed by atoms with Crippen molar-refractivity contribution in [1.29, 1.82) is 0 Å². The molecule has 0 saturated heterocycles. The first-order chi connectivity index (χ1) is 8.56. The second-order valence-corrected chi connectivity index (χ2v) is 5.92. The van der Waals surface area contributed by atoms with Crippen molar-refractivity contribution < 1.29 is 4.21 Å². The second kappa shape index (κ2) is 5.36. The van der Waals surface area contributed by atoms with Crippen LogP contribution in [0.15, 0.2) is 47.4 Å². The molecule has 0 aliphatic rings. The van der Waals surface area contributed by atoms with Crippen molar-refractivity contribution in [2.75, 3.05) is 5.73 Å². The molecule has 0 saturated carbocycles. The van der Waals surface area contributed by atoms with Gasteiger partial charge in [-0.2, -0.15) is 0 Å². The van der Waals surface area contributed by atoms with Gasteiger partial charge >= 0.3 is 0 Å². The Morgan fingerprint density at radius 3 is 2.61 bits per heavy atom. The molecule has 2 N–H and O–H groups in total. The second-order valence-electron chi connectivity index (χ2n) is 4.50. The quantitative estimate of drug-likeness (QED) is 0.860. The highest BCUT2D eigenvalue weighted by atomic mass is 32.2. The largest absolute Gasteiger partial charge is 0.399 e. The SMILES string of the molecule is Cc1cccc(CS(=O)c2cc(N)ccc2C)c1. The summed E-state index contributed by atoms with van der Waals surface area (Å²) in [6.45, 7) is 4.00. The Labute approximate surface area is 110 Å². The maximum atomic E-state index is 12.4. The third-order valence-corrected chi connectivity index (χ3v) is 4.36. The summed E-state index contributed by atoms with van der Waals surface area (Å²) < 4.78 is 12.4. The van der Waals surface area contributed by atoms with Crippen LogP contribution in [0.3, 0.4) is 0 Å². The fourth-order valence-electron chi connectivity index (χ4n) is 1.89. The zero-order valence-electron chi connectivity index (χ0n) is 10.6. The van der Waals surface area contributed by atoms with Gasteiger partial charge in [0.05, 0.1) is 16.6 Å². The Balaban J connectivity index is 2.24. The molecule has 0 amide bonds. The van der Waals surface area contributed by atoms with Crippen LogP contribution in [-0.4, -0.2) is 4.21 Å². The summed E-state index contributed by atoms with van der Waals surface area (Å²) in [4.78, 5) is 0.830. The Bertz CT molecular complexity index is 593. The Morgan fingerprint density at radius 2 is 1.89 bits per heavy atom. The number of hydrogen-bond donors (Lipinski definition) is 1. The highest BCUT2D eigenvalue weighted by Gasteiger charge is 2.08. The lowest BCUT2D eigenvalue weighted by molar-refractivity contribution is 0.682. The first-order valence-electron chi connectivity index (χ1n) is 5.86. The molecule has 0 fully saturated rings. The van der Waals surface area contributed by atoms with Crippen LogP contribution in [0.1, 0.15) is 16.7 Å². The predicted molar refractivity (Wildman–Crippen MR) is 76.9 cm³/mol. The monoisotopic (exact) mass is 259 g/mol. The average molecular weight is 259 g/mol. The number of aryl methyl sites for hydroxylation is 2. The van der Waals surface area contributed by atoms with Crippen LogP contribution in [0, 0.1) is 13.8 Å². The Hall–Kier alpha value is -1.61. The molecule has 2 nitrogen and oxygen atoms in total. The van der Waals surface area contributed by atoms with Crippen LogP contribution in [0.25, 0.3) is 0 Å². The molecule has 18 heavy (non-hydrogen) atoms. The van der Waals surface area contributed by atoms with Gasteiger partial charge in [-0.1, -0.05) is 35.9 Å². The van der Waals surface area contributed by atoms with Gasteiger partial charge in [0.1, 0.15) is 0 Å². The smallest absolute Gasteiger partial charge is 0.0577 e. The minimum atomic E-state index is -1.04. The van der Waals surface area contributed by atoms with Crippen LogP contribution in [-0.2, 0) is 16.6 Å². The van der Waals surface area contributed by atoms with E-state index in [1.165, 1.54) is 5.56 Å². The van der Waals surface area contributed by atoms with Crippen molar-refractivity contribution in [3.63, 3.8) is 0 Å². The molecule has 0 aromatic heterocycles. The molecule has 0 aliphatic carbocycles. The van der Waals surface area contributed by atoms with Crippen molar-refractivity contribution >= 4 is 16.5 Å². The minimum Gasteiger partial charge on any atom is -0.399 e. The van der Waals surface area contributed by atoms with E-state index < -0.39 is 10.8 Å². The normalized spacial score (nSPS) is 12.3. The first kappa shape index (κ1) is 12.8. The zero-order valence-corrected chi connectivity index (χ0v) is 11.5. The van der Waals surface area contributed by atoms with Gasteiger partial charge in [0.25, 0.3) is 0 Å². The number of benzene rings is 2. The topological polar surface area (TPSA) is 43.1 Å². The maximum Gasteiger partial charge on any atom is 0.0577 e. The van der Waals surface area contributed by atoms with Gasteiger partial charge in [0.2, 0.25) is 0 Å². The molecule has 2 aromatic carbocycles. The highest BCUT2D eigenvalue weighted by Crippen LogP contribution is 2.19. The number of hydrogen-bond acceptors (Lipinski definition) is 2. The molecule has 0 bridgehead atoms. The first-order valence-corrected chi connectivity index (χ1v) is 7.18. The summed E-state index contributed by atoms with van der Waals surface area (Å²) in [7, 11) is -1.04. The number of rotatable bonds is 3. The molecule has 94 valence electrons. The summed E-state index contributed by atoms with van der Waals surface area (Å²) in [5, 5.41) is 0. The Morgan fingerprint density at radius 1 is 1.11 bits per heavy atom.